The van der Waals surface area contributed by atoms with E-state index in [2.05, 4.69) is 17.1 Å². The fourth-order valence-electron chi connectivity index (χ4n) is 2.74. The fourth-order valence-corrected chi connectivity index (χ4v) is 2.74. The molecule has 0 spiro atoms. The zero-order valence-electron chi connectivity index (χ0n) is 15.5. The Balaban J connectivity index is 1.52. The van der Waals surface area contributed by atoms with Gasteiger partial charge in [0.05, 0.1) is 12.1 Å². The lowest BCUT2D eigenvalue weighted by Crippen LogP contribution is -2.06. The smallest absolute Gasteiger partial charge is 0.241 e. The van der Waals surface area contributed by atoms with Crippen molar-refractivity contribution >= 4 is 16.8 Å². The van der Waals surface area contributed by atoms with Gasteiger partial charge in [-0.25, -0.2) is 4.98 Å². The number of ether oxygens (including phenoxy) is 1. The molecule has 0 fully saturated rings. The van der Waals surface area contributed by atoms with Crippen LogP contribution in [0, 0.1) is 0 Å². The van der Waals surface area contributed by atoms with Crippen LogP contribution in [0.4, 0.5) is 0 Å². The molecule has 2 aromatic rings. The number of nitrogens with two attached hydrogens (primary N) is 1. The van der Waals surface area contributed by atoms with Gasteiger partial charge in [0, 0.05) is 17.5 Å². The van der Waals surface area contributed by atoms with Crippen molar-refractivity contribution < 1.29 is 9.53 Å². The molecular weight excluding hydrogens is 324 g/mol. The number of unbranched alkanes of at least 4 members (excludes halogenated alkanes) is 5. The predicted octanol–water partition coefficient (Wildman–Crippen LogP) is 4.94. The number of carbonyl (C=O) groups is 1. The summed E-state index contributed by atoms with van der Waals surface area (Å²) in [5.74, 6) is 0.307. The molecule has 4 heteroatoms. The molecule has 1 amide bonds. The number of hydrogen-bond acceptors (Lipinski definition) is 3. The first-order chi connectivity index (χ1) is 12.6. The van der Waals surface area contributed by atoms with Gasteiger partial charge in [0.25, 0.3) is 0 Å². The average Bonchev–Trinajstić information content (AvgIpc) is 2.62. The Morgan fingerprint density at radius 2 is 1.85 bits per heavy atom. The fraction of sp³-hybridized carbons (Fsp3) is 0.364. The minimum absolute atomic E-state index is 0.395. The zero-order chi connectivity index (χ0) is 18.6. The number of fused-ring (bicyclic) bond motifs is 1. The second-order valence-corrected chi connectivity index (χ2v) is 6.44. The van der Waals surface area contributed by atoms with Gasteiger partial charge in [0.2, 0.25) is 11.8 Å². The molecule has 138 valence electrons. The summed E-state index contributed by atoms with van der Waals surface area (Å²) in [6, 6.07) is 12.0. The van der Waals surface area contributed by atoms with Crippen LogP contribution in [0.5, 0.6) is 5.88 Å². The van der Waals surface area contributed by atoms with E-state index >= 15 is 0 Å². The lowest BCUT2D eigenvalue weighted by atomic mass is 10.1. The van der Waals surface area contributed by atoms with Crippen LogP contribution in [-0.2, 0) is 4.79 Å². The third kappa shape index (κ3) is 7.51. The monoisotopic (exact) mass is 352 g/mol. The number of allylic oxidation sites excluding steroid dienone is 3. The van der Waals surface area contributed by atoms with Gasteiger partial charge in [-0.1, -0.05) is 49.6 Å². The first kappa shape index (κ1) is 19.7. The zero-order valence-corrected chi connectivity index (χ0v) is 15.5. The van der Waals surface area contributed by atoms with Crippen LogP contribution >= 0.6 is 0 Å². The molecule has 0 saturated heterocycles. The van der Waals surface area contributed by atoms with Crippen molar-refractivity contribution in [2.45, 2.75) is 45.4 Å². The lowest BCUT2D eigenvalue weighted by molar-refractivity contribution is -0.113. The highest BCUT2D eigenvalue weighted by molar-refractivity contribution is 5.86. The largest absolute Gasteiger partial charge is 0.478 e. The molecule has 26 heavy (non-hydrogen) atoms. The number of rotatable bonds is 11. The van der Waals surface area contributed by atoms with Crippen LogP contribution in [-0.4, -0.2) is 17.5 Å². The van der Waals surface area contributed by atoms with Crippen molar-refractivity contribution in [3.05, 3.63) is 60.2 Å². The molecule has 1 aromatic carbocycles. The predicted molar refractivity (Wildman–Crippen MR) is 107 cm³/mol. The number of aromatic nitrogens is 1. The minimum atomic E-state index is -0.395. The maximum atomic E-state index is 10.7. The molecule has 0 radical (unpaired) electrons. The van der Waals surface area contributed by atoms with Gasteiger partial charge in [-0.2, -0.15) is 0 Å². The van der Waals surface area contributed by atoms with Crippen molar-refractivity contribution in [1.82, 2.24) is 4.98 Å². The van der Waals surface area contributed by atoms with Gasteiger partial charge >= 0.3 is 0 Å². The van der Waals surface area contributed by atoms with Crippen molar-refractivity contribution in [2.75, 3.05) is 6.61 Å². The summed E-state index contributed by atoms with van der Waals surface area (Å²) in [5.41, 5.74) is 6.97. The second-order valence-electron chi connectivity index (χ2n) is 6.44. The first-order valence-corrected chi connectivity index (χ1v) is 9.28. The van der Waals surface area contributed by atoms with E-state index in [1.807, 2.05) is 43.3 Å². The Hall–Kier alpha value is -2.62. The summed E-state index contributed by atoms with van der Waals surface area (Å²) in [5, 5.41) is 1.13. The SMILES string of the molecule is CC(/C=C/CCCCCCCOc1ccc2ccccc2n1)=C\C(N)=O. The van der Waals surface area contributed by atoms with Crippen molar-refractivity contribution in [1.29, 1.82) is 0 Å². The molecule has 0 saturated carbocycles. The second kappa shape index (κ2) is 11.1. The molecular formula is C22H28N2O2. The van der Waals surface area contributed by atoms with Gasteiger partial charge in [-0.3, -0.25) is 4.79 Å². The van der Waals surface area contributed by atoms with Gasteiger partial charge < -0.3 is 10.5 Å². The van der Waals surface area contributed by atoms with E-state index in [0.717, 1.165) is 42.2 Å². The molecule has 1 heterocycles. The quantitative estimate of drug-likeness (QED) is 0.354. The molecule has 2 rings (SSSR count). The van der Waals surface area contributed by atoms with Gasteiger partial charge in [-0.15, -0.1) is 0 Å². The molecule has 0 aliphatic carbocycles. The van der Waals surface area contributed by atoms with Crippen molar-refractivity contribution in [3.8, 4) is 5.88 Å². The van der Waals surface area contributed by atoms with Crippen LogP contribution in [0.15, 0.2) is 60.2 Å². The Bertz CT molecular complexity index is 766. The van der Waals surface area contributed by atoms with E-state index in [9.17, 15) is 4.79 Å². The van der Waals surface area contributed by atoms with Crippen molar-refractivity contribution in [3.63, 3.8) is 0 Å². The maximum Gasteiger partial charge on any atom is 0.241 e. The number of pyridine rings is 1. The van der Waals surface area contributed by atoms with Crippen LogP contribution in [0.3, 0.4) is 0 Å². The molecule has 0 unspecified atom stereocenters. The third-order valence-corrected chi connectivity index (χ3v) is 4.09. The van der Waals surface area contributed by atoms with Crippen LogP contribution in [0.25, 0.3) is 10.9 Å². The highest BCUT2D eigenvalue weighted by Crippen LogP contribution is 2.16. The standard InChI is InChI=1S/C22H28N2O2/c1-18(17-21(23)25)11-7-5-3-2-4-6-10-16-26-22-15-14-19-12-8-9-13-20(19)24-22/h7-9,11-15,17H,2-6,10,16H2,1H3,(H2,23,25)/b11-7+,18-17+. The minimum Gasteiger partial charge on any atom is -0.478 e. The number of primary amides is 1. The van der Waals surface area contributed by atoms with Gasteiger partial charge in [-0.05, 0) is 43.9 Å². The summed E-state index contributed by atoms with van der Waals surface area (Å²) in [4.78, 5) is 15.2. The van der Waals surface area contributed by atoms with Gasteiger partial charge in [0.1, 0.15) is 0 Å². The summed E-state index contributed by atoms with van der Waals surface area (Å²) in [6.45, 7) is 2.59. The Morgan fingerprint density at radius 3 is 2.69 bits per heavy atom. The Morgan fingerprint density at radius 1 is 1.08 bits per heavy atom. The summed E-state index contributed by atoms with van der Waals surface area (Å²) in [7, 11) is 0. The number of amides is 1. The molecule has 4 nitrogen and oxygen atoms in total. The lowest BCUT2D eigenvalue weighted by Gasteiger charge is -2.06. The van der Waals surface area contributed by atoms with Crippen molar-refractivity contribution in [2.24, 2.45) is 5.73 Å². The van der Waals surface area contributed by atoms with Gasteiger partial charge in [0.15, 0.2) is 0 Å². The normalized spacial score (nSPS) is 12.0. The first-order valence-electron chi connectivity index (χ1n) is 9.28. The molecule has 0 aliphatic heterocycles. The van der Waals surface area contributed by atoms with E-state index in [4.69, 9.17) is 10.5 Å². The number of benzene rings is 1. The number of nitrogens with zero attached hydrogens (tertiary/aromatic N) is 1. The highest BCUT2D eigenvalue weighted by atomic mass is 16.5. The number of hydrogen-bond donors (Lipinski definition) is 1. The van der Waals surface area contributed by atoms with E-state index < -0.39 is 5.91 Å². The number of para-hydroxylation sites is 1. The van der Waals surface area contributed by atoms with Crippen LogP contribution in [0.2, 0.25) is 0 Å². The van der Waals surface area contributed by atoms with E-state index in [0.29, 0.717) is 12.5 Å². The third-order valence-electron chi connectivity index (χ3n) is 4.09. The average molecular weight is 352 g/mol. The summed E-state index contributed by atoms with van der Waals surface area (Å²) >= 11 is 0. The highest BCUT2D eigenvalue weighted by Gasteiger charge is 1.98. The van der Waals surface area contributed by atoms with E-state index in [1.165, 1.54) is 18.9 Å². The molecule has 1 aromatic heterocycles. The Labute approximate surface area is 155 Å². The molecule has 0 aliphatic rings. The summed E-state index contributed by atoms with van der Waals surface area (Å²) < 4.78 is 5.75. The topological polar surface area (TPSA) is 65.2 Å². The van der Waals surface area contributed by atoms with Crippen LogP contribution in [0.1, 0.15) is 45.4 Å². The number of carbonyl (C=O) groups excluding carboxylic acids is 1. The maximum absolute atomic E-state index is 10.7. The molecule has 2 N–H and O–H groups in total. The van der Waals surface area contributed by atoms with E-state index in [1.54, 1.807) is 0 Å². The summed E-state index contributed by atoms with van der Waals surface area (Å²) in [6.07, 6.45) is 12.3. The van der Waals surface area contributed by atoms with Crippen LogP contribution < -0.4 is 10.5 Å². The molecule has 0 bridgehead atoms. The Kier molecular flexibility index (Phi) is 8.40. The molecule has 0 atom stereocenters. The van der Waals surface area contributed by atoms with E-state index in [-0.39, 0.29) is 0 Å².